The van der Waals surface area contributed by atoms with E-state index in [0.29, 0.717) is 22.3 Å². The lowest BCUT2D eigenvalue weighted by Gasteiger charge is -2.36. The van der Waals surface area contributed by atoms with Crippen LogP contribution in [0.25, 0.3) is 0 Å². The van der Waals surface area contributed by atoms with Gasteiger partial charge in [-0.15, -0.1) is 5.10 Å². The number of methoxy groups -OCH3 is 1. The molecule has 1 atom stereocenters. The Labute approximate surface area is 253 Å². The largest absolute Gasteiger partial charge is 0.483 e. The lowest BCUT2D eigenvalue weighted by molar-refractivity contribution is -0.688. The van der Waals surface area contributed by atoms with Gasteiger partial charge in [-0.25, -0.2) is 23.8 Å². The smallest absolute Gasteiger partial charge is 0.416 e. The molecule has 1 aliphatic rings. The van der Waals surface area contributed by atoms with Crippen molar-refractivity contribution in [1.29, 1.82) is 5.26 Å². The Bertz CT molecular complexity index is 1870. The normalized spacial score (nSPS) is 14.2. The van der Waals surface area contributed by atoms with Gasteiger partial charge >= 0.3 is 17.8 Å². The molecule has 15 heteroatoms. The van der Waals surface area contributed by atoms with Gasteiger partial charge in [0, 0.05) is 28.6 Å². The van der Waals surface area contributed by atoms with Crippen LogP contribution in [0.3, 0.4) is 0 Å². The summed E-state index contributed by atoms with van der Waals surface area (Å²) in [5, 5.41) is 32.6. The van der Waals surface area contributed by atoms with Crippen LogP contribution in [0.4, 0.5) is 24.8 Å². The standard InChI is InChI=1S/C29H23F3N6O4.CH2O2/c1-17-24(26(40)42-2)25(23-9-8-18(13-33)11-20(23)15-36-10-4-5-19(14-36)16-39)38-27(34-35-28(38)41)37(17)22-7-3-6-21(12-22)29(30,31)32;2-1-3/h3-12,14,25,39H,15-16H2,1-2H3;1H,(H,2,3)/p+1/t25-;/m1./s1. The number of aromatic nitrogens is 4. The molecule has 45 heavy (non-hydrogen) atoms. The van der Waals surface area contributed by atoms with Gasteiger partial charge in [0.2, 0.25) is 5.95 Å². The van der Waals surface area contributed by atoms with Crippen LogP contribution < -0.4 is 15.2 Å². The number of hydrogen-bond donors (Lipinski definition) is 3. The molecule has 2 aromatic carbocycles. The molecule has 1 aliphatic heterocycles. The highest BCUT2D eigenvalue weighted by atomic mass is 19.4. The Kier molecular flexibility index (Phi) is 9.48. The van der Waals surface area contributed by atoms with Crippen LogP contribution in [0.5, 0.6) is 0 Å². The second-order valence-electron chi connectivity index (χ2n) is 9.65. The summed E-state index contributed by atoms with van der Waals surface area (Å²) < 4.78 is 48.8. The number of H-pyrrole nitrogens is 1. The van der Waals surface area contributed by atoms with Crippen molar-refractivity contribution in [3.8, 4) is 6.07 Å². The van der Waals surface area contributed by atoms with Crippen molar-refractivity contribution < 1.29 is 42.3 Å². The van der Waals surface area contributed by atoms with E-state index in [4.69, 9.17) is 14.6 Å². The number of nitrogens with one attached hydrogen (secondary N) is 1. The summed E-state index contributed by atoms with van der Waals surface area (Å²) in [5.74, 6) is -0.849. The van der Waals surface area contributed by atoms with Crippen LogP contribution in [0.1, 0.15) is 40.8 Å². The highest BCUT2D eigenvalue weighted by Crippen LogP contribution is 2.43. The van der Waals surface area contributed by atoms with Crippen molar-refractivity contribution in [3.63, 3.8) is 0 Å². The number of anilines is 2. The Hall–Kier alpha value is -5.75. The van der Waals surface area contributed by atoms with Gasteiger partial charge in [-0.1, -0.05) is 12.1 Å². The molecule has 3 heterocycles. The average Bonchev–Trinajstić information content (AvgIpc) is 3.40. The molecule has 0 saturated heterocycles. The molecule has 0 radical (unpaired) electrons. The van der Waals surface area contributed by atoms with Crippen LogP contribution in [0.2, 0.25) is 0 Å². The third kappa shape index (κ3) is 6.45. The van der Waals surface area contributed by atoms with Crippen molar-refractivity contribution >= 4 is 24.1 Å². The first-order valence-corrected chi connectivity index (χ1v) is 13.1. The minimum Gasteiger partial charge on any atom is -0.483 e. The number of nitriles is 1. The number of aromatic amines is 1. The van der Waals surface area contributed by atoms with Gasteiger partial charge in [-0.3, -0.25) is 9.69 Å². The predicted octanol–water partition coefficient (Wildman–Crippen LogP) is 3.18. The average molecular weight is 624 g/mol. The van der Waals surface area contributed by atoms with Gasteiger partial charge in [-0.05, 0) is 48.9 Å². The van der Waals surface area contributed by atoms with Gasteiger partial charge in [0.05, 0.1) is 36.5 Å². The Morgan fingerprint density at radius 1 is 1.22 bits per heavy atom. The maximum absolute atomic E-state index is 13.6. The fourth-order valence-electron chi connectivity index (χ4n) is 5.12. The van der Waals surface area contributed by atoms with Crippen molar-refractivity contribution in [2.75, 3.05) is 12.0 Å². The van der Waals surface area contributed by atoms with E-state index in [1.54, 1.807) is 47.3 Å². The zero-order chi connectivity index (χ0) is 32.9. The summed E-state index contributed by atoms with van der Waals surface area (Å²) in [6.45, 7) is 1.29. The maximum Gasteiger partial charge on any atom is 0.416 e. The number of allylic oxidation sites excluding steroid dienone is 1. The Morgan fingerprint density at radius 3 is 2.60 bits per heavy atom. The van der Waals surface area contributed by atoms with Gasteiger partial charge in [0.15, 0.2) is 18.9 Å². The van der Waals surface area contributed by atoms with Crippen LogP contribution in [0.15, 0.2) is 83.1 Å². The number of nitrogens with zero attached hydrogens (tertiary/aromatic N) is 5. The number of esters is 1. The van der Waals surface area contributed by atoms with Crippen LogP contribution in [0, 0.1) is 11.3 Å². The number of rotatable bonds is 6. The van der Waals surface area contributed by atoms with Crippen LogP contribution >= 0.6 is 0 Å². The number of halogens is 3. The topological polar surface area (TPSA) is 165 Å². The summed E-state index contributed by atoms with van der Waals surface area (Å²) >= 11 is 0. The van der Waals surface area contributed by atoms with E-state index in [0.717, 1.165) is 19.2 Å². The van der Waals surface area contributed by atoms with Gasteiger partial charge in [-0.2, -0.15) is 18.4 Å². The van der Waals surface area contributed by atoms with Crippen molar-refractivity contribution in [2.24, 2.45) is 0 Å². The number of carboxylic acid groups (broad SMARTS) is 1. The van der Waals surface area contributed by atoms with E-state index >= 15 is 0 Å². The first-order chi connectivity index (χ1) is 21.5. The second-order valence-corrected chi connectivity index (χ2v) is 9.65. The second kappa shape index (κ2) is 13.3. The molecule has 0 amide bonds. The zero-order valence-corrected chi connectivity index (χ0v) is 23.8. The predicted molar refractivity (Wildman–Crippen MR) is 151 cm³/mol. The molecule has 2 aromatic heterocycles. The first kappa shape index (κ1) is 32.2. The third-order valence-corrected chi connectivity index (χ3v) is 7.00. The number of alkyl halides is 3. The lowest BCUT2D eigenvalue weighted by Crippen LogP contribution is -2.39. The van der Waals surface area contributed by atoms with Crippen LogP contribution in [-0.4, -0.2) is 44.5 Å². The highest BCUT2D eigenvalue weighted by Gasteiger charge is 2.41. The molecule has 0 bridgehead atoms. The maximum atomic E-state index is 13.6. The van der Waals surface area contributed by atoms with Crippen molar-refractivity contribution in [3.05, 3.63) is 117 Å². The summed E-state index contributed by atoms with van der Waals surface area (Å²) in [6.07, 6.45) is -1.16. The third-order valence-electron chi connectivity index (χ3n) is 7.00. The summed E-state index contributed by atoms with van der Waals surface area (Å²) in [6, 6.07) is 13.7. The fourth-order valence-corrected chi connectivity index (χ4v) is 5.12. The number of aliphatic hydroxyl groups excluding tert-OH is 1. The number of pyridine rings is 1. The number of aliphatic hydroxyl groups is 1. The summed E-state index contributed by atoms with van der Waals surface area (Å²) in [5.41, 5.74) is 0.580. The molecule has 4 aromatic rings. The monoisotopic (exact) mass is 623 g/mol. The van der Waals surface area contributed by atoms with E-state index in [2.05, 4.69) is 16.3 Å². The number of carbonyl (C=O) groups excluding carboxylic acids is 1. The molecule has 12 nitrogen and oxygen atoms in total. The number of fused-ring (bicyclic) bond motifs is 1. The number of hydrogen-bond acceptors (Lipinski definition) is 8. The summed E-state index contributed by atoms with van der Waals surface area (Å²) in [7, 11) is 1.16. The molecule has 0 saturated carbocycles. The van der Waals surface area contributed by atoms with Crippen LogP contribution in [-0.2, 0) is 33.7 Å². The Morgan fingerprint density at radius 2 is 1.96 bits per heavy atom. The van der Waals surface area contributed by atoms with E-state index in [9.17, 15) is 33.1 Å². The highest BCUT2D eigenvalue weighted by molar-refractivity contribution is 5.93. The molecule has 0 spiro atoms. The first-order valence-electron chi connectivity index (χ1n) is 13.1. The SMILES string of the molecule is COC(=O)C1=C(C)N(c2cccc(C(F)(F)F)c2)c2n[nH]c(=O)n2[C@@H]1c1ccc(C#N)cc1C[n+]1cccc(CO)c1.O=CO. The van der Waals surface area contributed by atoms with E-state index < -0.39 is 29.4 Å². The lowest BCUT2D eigenvalue weighted by atomic mass is 9.90. The Balaban J connectivity index is 0.00000148. The molecule has 0 unspecified atom stereocenters. The minimum atomic E-state index is -4.63. The van der Waals surface area contributed by atoms with Crippen molar-refractivity contribution in [2.45, 2.75) is 32.3 Å². The minimum absolute atomic E-state index is 0.00835. The van der Waals surface area contributed by atoms with Gasteiger partial charge in [0.1, 0.15) is 6.04 Å². The van der Waals surface area contributed by atoms with E-state index in [1.165, 1.54) is 28.5 Å². The molecule has 3 N–H and O–H groups in total. The molecule has 232 valence electrons. The van der Waals surface area contributed by atoms with Gasteiger partial charge < -0.3 is 14.9 Å². The quantitative estimate of drug-likeness (QED) is 0.166. The van der Waals surface area contributed by atoms with E-state index in [1.807, 2.05) is 0 Å². The summed E-state index contributed by atoms with van der Waals surface area (Å²) in [4.78, 5) is 36.3. The molecular weight excluding hydrogens is 597 g/mol. The van der Waals surface area contributed by atoms with E-state index in [-0.39, 0.29) is 42.5 Å². The zero-order valence-electron chi connectivity index (χ0n) is 23.8. The molecule has 0 fully saturated rings. The molecule has 5 rings (SSSR count). The number of ether oxygens (including phenoxy) is 1. The number of carbonyl (C=O) groups is 2. The van der Waals surface area contributed by atoms with Crippen molar-refractivity contribution in [1.82, 2.24) is 14.8 Å². The fraction of sp³-hybridized carbons (Fsp3) is 0.200. The number of benzene rings is 2. The molecular formula is C30H26F3N6O6+. The molecule has 0 aliphatic carbocycles. The van der Waals surface area contributed by atoms with Gasteiger partial charge in [0.25, 0.3) is 6.47 Å².